The summed E-state index contributed by atoms with van der Waals surface area (Å²) in [5.41, 5.74) is 2.69. The monoisotopic (exact) mass is 318 g/mol. The highest BCUT2D eigenvalue weighted by molar-refractivity contribution is 7.92. The molecule has 2 heterocycles. The van der Waals surface area contributed by atoms with Gasteiger partial charge in [-0.1, -0.05) is 0 Å². The summed E-state index contributed by atoms with van der Waals surface area (Å²) < 4.78 is 32.2. The molecule has 0 radical (unpaired) electrons. The molecule has 0 amide bonds. The Bertz CT molecular complexity index is 901. The first-order chi connectivity index (χ1) is 10.5. The van der Waals surface area contributed by atoms with Crippen molar-refractivity contribution in [2.45, 2.75) is 0 Å². The zero-order valence-electron chi connectivity index (χ0n) is 12.0. The van der Waals surface area contributed by atoms with Crippen molar-refractivity contribution in [1.82, 2.24) is 14.4 Å². The van der Waals surface area contributed by atoms with Crippen LogP contribution in [0.3, 0.4) is 0 Å². The summed E-state index contributed by atoms with van der Waals surface area (Å²) in [5, 5.41) is 0. The molecule has 0 saturated heterocycles. The summed E-state index contributed by atoms with van der Waals surface area (Å²) in [6, 6.07) is 6.86. The van der Waals surface area contributed by atoms with E-state index in [2.05, 4.69) is 14.7 Å². The van der Waals surface area contributed by atoms with Gasteiger partial charge >= 0.3 is 0 Å². The quantitative estimate of drug-likeness (QED) is 0.792. The molecule has 2 aromatic heterocycles. The minimum absolute atomic E-state index is 0.438. The number of anilines is 1. The van der Waals surface area contributed by atoms with E-state index in [9.17, 15) is 8.42 Å². The molecule has 7 nitrogen and oxygen atoms in total. The average Bonchev–Trinajstić information content (AvgIpc) is 2.89. The van der Waals surface area contributed by atoms with Crippen LogP contribution in [0.2, 0.25) is 0 Å². The van der Waals surface area contributed by atoms with Gasteiger partial charge in [0, 0.05) is 24.0 Å². The molecule has 1 N–H and O–H groups in total. The van der Waals surface area contributed by atoms with E-state index in [1.807, 2.05) is 6.20 Å². The normalized spacial score (nSPS) is 11.5. The maximum Gasteiger partial charge on any atom is 0.229 e. The van der Waals surface area contributed by atoms with Crippen LogP contribution in [0, 0.1) is 0 Å². The summed E-state index contributed by atoms with van der Waals surface area (Å²) in [6.45, 7) is 0. The molecule has 0 saturated carbocycles. The second-order valence-corrected chi connectivity index (χ2v) is 6.51. The Morgan fingerprint density at radius 2 is 2.09 bits per heavy atom. The van der Waals surface area contributed by atoms with Crippen LogP contribution in [-0.2, 0) is 10.0 Å². The van der Waals surface area contributed by atoms with Gasteiger partial charge < -0.3 is 4.74 Å². The molecule has 3 aromatic rings. The molecular formula is C14H14N4O3S. The van der Waals surface area contributed by atoms with Gasteiger partial charge in [-0.3, -0.25) is 9.12 Å². The molecule has 3 rings (SSSR count). The number of rotatable bonds is 4. The van der Waals surface area contributed by atoms with Crippen molar-refractivity contribution in [2.24, 2.45) is 0 Å². The number of aromatic nitrogens is 3. The molecular weight excluding hydrogens is 304 g/mol. The van der Waals surface area contributed by atoms with Gasteiger partial charge in [0.1, 0.15) is 17.7 Å². The Kier molecular flexibility index (Phi) is 3.45. The zero-order valence-corrected chi connectivity index (χ0v) is 12.8. The van der Waals surface area contributed by atoms with Crippen LogP contribution in [0.15, 0.2) is 43.0 Å². The second kappa shape index (κ2) is 5.30. The van der Waals surface area contributed by atoms with Crippen molar-refractivity contribution in [3.63, 3.8) is 0 Å². The number of ether oxygens (including phenoxy) is 1. The molecule has 114 valence electrons. The number of fused-ring (bicyclic) bond motifs is 1. The fourth-order valence-corrected chi connectivity index (χ4v) is 2.71. The van der Waals surface area contributed by atoms with E-state index in [1.54, 1.807) is 41.2 Å². The van der Waals surface area contributed by atoms with Gasteiger partial charge in [0.25, 0.3) is 0 Å². The molecule has 0 atom stereocenters. The molecule has 0 spiro atoms. The van der Waals surface area contributed by atoms with Crippen molar-refractivity contribution in [3.05, 3.63) is 43.0 Å². The van der Waals surface area contributed by atoms with Gasteiger partial charge in [0.2, 0.25) is 10.0 Å². The Labute approximate surface area is 127 Å². The van der Waals surface area contributed by atoms with Gasteiger partial charge in [0.05, 0.1) is 24.7 Å². The third-order valence-corrected chi connectivity index (χ3v) is 3.65. The summed E-state index contributed by atoms with van der Waals surface area (Å²) in [7, 11) is -1.81. The molecule has 8 heteroatoms. The minimum atomic E-state index is -3.33. The van der Waals surface area contributed by atoms with Gasteiger partial charge in [0.15, 0.2) is 0 Å². The van der Waals surface area contributed by atoms with Gasteiger partial charge in [-0.25, -0.2) is 18.4 Å². The van der Waals surface area contributed by atoms with Crippen LogP contribution in [0.25, 0.3) is 16.9 Å². The Morgan fingerprint density at radius 3 is 2.77 bits per heavy atom. The molecule has 0 unspecified atom stereocenters. The molecule has 22 heavy (non-hydrogen) atoms. The van der Waals surface area contributed by atoms with E-state index < -0.39 is 10.0 Å². The maximum absolute atomic E-state index is 11.3. The smallest absolute Gasteiger partial charge is 0.229 e. The first kappa shape index (κ1) is 14.3. The minimum Gasteiger partial charge on any atom is -0.496 e. The lowest BCUT2D eigenvalue weighted by atomic mass is 10.1. The third kappa shape index (κ3) is 2.86. The highest BCUT2D eigenvalue weighted by Crippen LogP contribution is 2.32. The van der Waals surface area contributed by atoms with Crippen molar-refractivity contribution < 1.29 is 13.2 Å². The molecule has 0 aliphatic rings. The number of nitrogens with zero attached hydrogens (tertiary/aromatic N) is 3. The molecule has 1 aromatic carbocycles. The largest absolute Gasteiger partial charge is 0.496 e. The maximum atomic E-state index is 11.3. The lowest BCUT2D eigenvalue weighted by molar-refractivity contribution is 0.416. The third-order valence-electron chi connectivity index (χ3n) is 3.04. The van der Waals surface area contributed by atoms with Crippen LogP contribution in [0.4, 0.5) is 5.69 Å². The van der Waals surface area contributed by atoms with E-state index >= 15 is 0 Å². The summed E-state index contributed by atoms with van der Waals surface area (Å²) >= 11 is 0. The zero-order chi connectivity index (χ0) is 15.7. The lowest BCUT2D eigenvalue weighted by Gasteiger charge is -2.09. The van der Waals surface area contributed by atoms with E-state index in [-0.39, 0.29) is 0 Å². The van der Waals surface area contributed by atoms with Crippen LogP contribution in [0.1, 0.15) is 0 Å². The molecule has 0 fully saturated rings. The van der Waals surface area contributed by atoms with E-state index in [0.29, 0.717) is 11.4 Å². The summed E-state index contributed by atoms with van der Waals surface area (Å²) in [4.78, 5) is 8.53. The number of benzene rings is 1. The van der Waals surface area contributed by atoms with Crippen LogP contribution in [-0.4, -0.2) is 36.2 Å². The van der Waals surface area contributed by atoms with Gasteiger partial charge in [-0.15, -0.1) is 0 Å². The second-order valence-electron chi connectivity index (χ2n) is 4.76. The summed E-state index contributed by atoms with van der Waals surface area (Å²) in [6.07, 6.45) is 6.27. The van der Waals surface area contributed by atoms with Crippen molar-refractivity contribution >= 4 is 21.4 Å². The molecule has 0 aliphatic heterocycles. The van der Waals surface area contributed by atoms with Gasteiger partial charge in [-0.2, -0.15) is 0 Å². The fourth-order valence-electron chi connectivity index (χ4n) is 2.15. The molecule has 0 aliphatic carbocycles. The Balaban J connectivity index is 2.06. The van der Waals surface area contributed by atoms with E-state index in [4.69, 9.17) is 4.74 Å². The standard InChI is InChI=1S/C14H14N4O3S/c1-21-13-7-10(17-22(2,19)20)3-4-11(13)12-8-18-9-15-6-5-14(18)16-12/h3-9,17H,1-2H3. The SMILES string of the molecule is COc1cc(NS(C)(=O)=O)ccc1-c1cn2cnccc2n1. The van der Waals surface area contributed by atoms with E-state index in [0.717, 1.165) is 23.2 Å². The average molecular weight is 318 g/mol. The topological polar surface area (TPSA) is 85.6 Å². The Hall–Kier alpha value is -2.61. The van der Waals surface area contributed by atoms with E-state index in [1.165, 1.54) is 7.11 Å². The lowest BCUT2D eigenvalue weighted by Crippen LogP contribution is -2.09. The number of hydrogen-bond donors (Lipinski definition) is 1. The Morgan fingerprint density at radius 1 is 1.27 bits per heavy atom. The highest BCUT2D eigenvalue weighted by Gasteiger charge is 2.12. The number of imidazole rings is 1. The van der Waals surface area contributed by atoms with Crippen molar-refractivity contribution in [1.29, 1.82) is 0 Å². The fraction of sp³-hybridized carbons (Fsp3) is 0.143. The van der Waals surface area contributed by atoms with Crippen molar-refractivity contribution in [3.8, 4) is 17.0 Å². The summed E-state index contributed by atoms with van der Waals surface area (Å²) in [5.74, 6) is 0.532. The first-order valence-electron chi connectivity index (χ1n) is 6.41. The number of sulfonamides is 1. The van der Waals surface area contributed by atoms with Crippen LogP contribution >= 0.6 is 0 Å². The predicted molar refractivity (Wildman–Crippen MR) is 83.4 cm³/mol. The van der Waals surface area contributed by atoms with Crippen LogP contribution < -0.4 is 9.46 Å². The van der Waals surface area contributed by atoms with Crippen LogP contribution in [0.5, 0.6) is 5.75 Å². The number of nitrogens with one attached hydrogen (secondary N) is 1. The van der Waals surface area contributed by atoms with Crippen molar-refractivity contribution in [2.75, 3.05) is 18.1 Å². The first-order valence-corrected chi connectivity index (χ1v) is 8.30. The predicted octanol–water partition coefficient (Wildman–Crippen LogP) is 1.78. The van der Waals surface area contributed by atoms with Gasteiger partial charge in [-0.05, 0) is 18.2 Å². The number of methoxy groups -OCH3 is 1. The number of hydrogen-bond acceptors (Lipinski definition) is 5. The molecule has 0 bridgehead atoms. The highest BCUT2D eigenvalue weighted by atomic mass is 32.2.